The van der Waals surface area contributed by atoms with Gasteiger partial charge in [0.05, 0.1) is 50.4 Å². The summed E-state index contributed by atoms with van der Waals surface area (Å²) in [6.45, 7) is 0. The molecule has 24 heteroatoms. The number of nitrogens with zero attached hydrogens (tertiary/aromatic N) is 8. The Bertz CT molecular complexity index is 2690. The smallest absolute Gasteiger partial charge is 0.870 e. The van der Waals surface area contributed by atoms with Crippen molar-refractivity contribution in [1.29, 1.82) is 0 Å². The van der Waals surface area contributed by atoms with Crippen molar-refractivity contribution in [3.8, 4) is 5.75 Å². The molecule has 0 saturated carbocycles. The van der Waals surface area contributed by atoms with Gasteiger partial charge in [-0.3, -0.25) is 4.55 Å². The molecule has 0 aliphatic heterocycles. The van der Waals surface area contributed by atoms with Crippen molar-refractivity contribution in [3.63, 3.8) is 0 Å². The zero-order chi connectivity index (χ0) is 40.4. The Labute approximate surface area is 364 Å². The second kappa shape index (κ2) is 18.2. The van der Waals surface area contributed by atoms with E-state index in [1.165, 1.54) is 60.7 Å². The van der Waals surface area contributed by atoms with E-state index in [-0.39, 0.29) is 59.8 Å². The number of hydrogen-bond donors (Lipinski definition) is 6. The molecule has 0 saturated heterocycles. The van der Waals surface area contributed by atoms with Crippen molar-refractivity contribution >= 4 is 105 Å². The zero-order valence-corrected chi connectivity index (χ0v) is 34.0. The minimum Gasteiger partial charge on any atom is -0.870 e. The standard InChI is InChI=1S/C34H29N13O7S2.Li.Na/c35-18-1-11-26(24(37)15-18)44-40-20-3-7-22(8-4-20)42-46-32-28(55(49,50)51)13-17-14-29(56(52,53)54)33(34(48)30(17)31(32)39)47-43-23-9-5-21(6-10-23)41-45-27-12-2-19(36)16-25(27)38;;/h1-16,48H,35-39H2,(H,49,50,51)(H,52,53,54);;/q;2*+1/p-2. The molecule has 6 aromatic carbocycles. The fraction of sp³-hybridized carbons (Fsp3) is 0. The van der Waals surface area contributed by atoms with Crippen LogP contribution in [0.4, 0.5) is 73.9 Å². The Balaban J connectivity index is 0.00000372. The van der Waals surface area contributed by atoms with E-state index in [1.807, 2.05) is 0 Å². The summed E-state index contributed by atoms with van der Waals surface area (Å²) < 4.78 is 71.8. The Morgan fingerprint density at radius 3 is 1.28 bits per heavy atom. The van der Waals surface area contributed by atoms with Crippen LogP contribution < -0.4 is 82.2 Å². The predicted molar refractivity (Wildman–Crippen MR) is 206 cm³/mol. The first-order chi connectivity index (χ1) is 26.5. The number of rotatable bonds is 10. The summed E-state index contributed by atoms with van der Waals surface area (Å²) in [5.74, 6) is -1.19. The molecule has 0 aliphatic rings. The first-order valence-electron chi connectivity index (χ1n) is 15.7. The molecule has 20 nitrogen and oxygen atoms in total. The van der Waals surface area contributed by atoms with Crippen LogP contribution in [0.2, 0.25) is 0 Å². The third-order valence-corrected chi connectivity index (χ3v) is 9.44. The van der Waals surface area contributed by atoms with Crippen LogP contribution in [-0.2, 0) is 20.2 Å². The second-order valence-electron chi connectivity index (χ2n) is 11.7. The molecule has 0 atom stereocenters. The number of azo groups is 4. The van der Waals surface area contributed by atoms with E-state index in [4.69, 9.17) is 28.7 Å². The normalized spacial score (nSPS) is 12.1. The molecule has 0 amide bonds. The number of hydrogen-bond acceptors (Lipinski definition) is 19. The maximum absolute atomic E-state index is 13.8. The van der Waals surface area contributed by atoms with E-state index in [0.717, 1.165) is 6.07 Å². The minimum atomic E-state index is -5.35. The SMILES string of the molecule is Nc1ccc(N=Nc2ccc(N=Nc3c(S(=O)(=O)[O-])cc4cc(S(=O)(=O)O)c(N=Nc5ccc(N=Nc6ccc(N)cc6N)cc5)c([O-])c4c3N)cc2)c(N)c1.[Li+].[Na+]. The topological polar surface area (TPSA) is 364 Å². The van der Waals surface area contributed by atoms with Crippen molar-refractivity contribution in [2.24, 2.45) is 40.9 Å². The van der Waals surface area contributed by atoms with Gasteiger partial charge in [0.1, 0.15) is 32.1 Å². The Kier molecular flexibility index (Phi) is 14.1. The first-order valence-corrected chi connectivity index (χ1v) is 18.5. The van der Waals surface area contributed by atoms with E-state index in [9.17, 15) is 31.0 Å². The van der Waals surface area contributed by atoms with Gasteiger partial charge >= 0.3 is 48.4 Å². The molecule has 0 fully saturated rings. The zero-order valence-electron chi connectivity index (χ0n) is 30.4. The van der Waals surface area contributed by atoms with Gasteiger partial charge in [0, 0.05) is 16.8 Å². The monoisotopic (exact) mass is 823 g/mol. The molecule has 0 radical (unpaired) electrons. The summed E-state index contributed by atoms with van der Waals surface area (Å²) in [5.41, 5.74) is 30.5. The van der Waals surface area contributed by atoms with Crippen molar-refractivity contribution in [3.05, 3.63) is 97.1 Å². The maximum atomic E-state index is 13.8. The van der Waals surface area contributed by atoms with E-state index < -0.39 is 63.6 Å². The largest absolute Gasteiger partial charge is 1.00 e. The molecule has 6 rings (SSSR count). The van der Waals surface area contributed by atoms with Crippen LogP contribution in [0.3, 0.4) is 0 Å². The average molecular weight is 824 g/mol. The Morgan fingerprint density at radius 2 is 0.897 bits per heavy atom. The summed E-state index contributed by atoms with van der Waals surface area (Å²) in [6.07, 6.45) is 0. The van der Waals surface area contributed by atoms with Gasteiger partial charge in [-0.1, -0.05) is 5.75 Å². The van der Waals surface area contributed by atoms with Crippen LogP contribution in [0.5, 0.6) is 5.75 Å². The number of benzene rings is 6. The van der Waals surface area contributed by atoms with Gasteiger partial charge in [0.25, 0.3) is 10.1 Å². The minimum absolute atomic E-state index is 0. The van der Waals surface area contributed by atoms with Crippen LogP contribution in [0.25, 0.3) is 10.8 Å². The van der Waals surface area contributed by atoms with Gasteiger partial charge in [-0.15, -0.1) is 20.5 Å². The Morgan fingerprint density at radius 1 is 0.517 bits per heavy atom. The Hall–Kier alpha value is -5.80. The van der Waals surface area contributed by atoms with Gasteiger partial charge in [-0.2, -0.15) is 28.9 Å². The number of anilines is 5. The molecule has 0 unspecified atom stereocenters. The van der Waals surface area contributed by atoms with E-state index in [0.29, 0.717) is 51.6 Å². The molecule has 0 bridgehead atoms. The van der Waals surface area contributed by atoms with Crippen LogP contribution in [0.1, 0.15) is 0 Å². The summed E-state index contributed by atoms with van der Waals surface area (Å²) in [7, 11) is -10.5. The van der Waals surface area contributed by atoms with Crippen LogP contribution in [0.15, 0.2) is 148 Å². The van der Waals surface area contributed by atoms with Gasteiger partial charge in [0.15, 0.2) is 0 Å². The fourth-order valence-corrected chi connectivity index (χ4v) is 6.33. The third-order valence-electron chi connectivity index (χ3n) is 7.72. The van der Waals surface area contributed by atoms with Crippen LogP contribution >= 0.6 is 0 Å². The molecule has 6 aromatic rings. The number of nitrogens with two attached hydrogens (primary N) is 5. The number of nitrogen functional groups attached to an aromatic ring is 5. The molecule has 0 spiro atoms. The number of fused-ring (bicyclic) bond motifs is 1. The van der Waals surface area contributed by atoms with Gasteiger partial charge in [-0.25, -0.2) is 8.42 Å². The van der Waals surface area contributed by atoms with Crippen molar-refractivity contribution in [1.82, 2.24) is 0 Å². The van der Waals surface area contributed by atoms with Crippen molar-refractivity contribution in [2.75, 3.05) is 28.7 Å². The summed E-state index contributed by atoms with van der Waals surface area (Å²) in [5, 5.41) is 44.7. The first kappa shape index (κ1) is 44.9. The van der Waals surface area contributed by atoms with Crippen molar-refractivity contribution in [2.45, 2.75) is 9.79 Å². The molecule has 11 N–H and O–H groups in total. The van der Waals surface area contributed by atoms with Gasteiger partial charge in [-0.05, 0) is 102 Å². The third kappa shape index (κ3) is 10.4. The van der Waals surface area contributed by atoms with E-state index in [1.54, 1.807) is 24.3 Å². The molecule has 0 aromatic heterocycles. The average Bonchev–Trinajstić information content (AvgIpc) is 3.13. The summed E-state index contributed by atoms with van der Waals surface area (Å²) >= 11 is 0. The molecule has 0 heterocycles. The molecule has 284 valence electrons. The van der Waals surface area contributed by atoms with Gasteiger partial charge in [0.2, 0.25) is 0 Å². The fourth-order valence-electron chi connectivity index (χ4n) is 5.02. The van der Waals surface area contributed by atoms with Crippen LogP contribution in [-0.4, -0.2) is 25.9 Å². The quantitative estimate of drug-likeness (QED) is 0.0497. The summed E-state index contributed by atoms with van der Waals surface area (Å²) in [4.78, 5) is -2.06. The second-order valence-corrected chi connectivity index (χ2v) is 14.4. The molecular weight excluding hydrogens is 797 g/mol. The van der Waals surface area contributed by atoms with Gasteiger partial charge < -0.3 is 38.3 Å². The molecule has 58 heavy (non-hydrogen) atoms. The molecule has 0 aliphatic carbocycles. The predicted octanol–water partition coefficient (Wildman–Crippen LogP) is 1.64. The van der Waals surface area contributed by atoms with E-state index in [2.05, 4.69) is 40.9 Å². The summed E-state index contributed by atoms with van der Waals surface area (Å²) in [6, 6.07) is 22.6. The van der Waals surface area contributed by atoms with Crippen molar-refractivity contribution < 1.29 is 79.5 Å². The van der Waals surface area contributed by atoms with Crippen LogP contribution in [0, 0.1) is 0 Å². The van der Waals surface area contributed by atoms with E-state index >= 15 is 0 Å². The molecular formula is C34H27LiN13NaO7S2. The maximum Gasteiger partial charge on any atom is 1.00 e.